The number of ether oxygens (including phenoxy) is 1. The Labute approximate surface area is 186 Å². The van der Waals surface area contributed by atoms with Gasteiger partial charge in [-0.1, -0.05) is 35.0 Å². The molecule has 0 aliphatic heterocycles. The van der Waals surface area contributed by atoms with E-state index in [2.05, 4.69) is 20.8 Å². The number of amides is 2. The Morgan fingerprint density at radius 2 is 1.94 bits per heavy atom. The van der Waals surface area contributed by atoms with Gasteiger partial charge in [-0.15, -0.1) is 0 Å². The van der Waals surface area contributed by atoms with Crippen LogP contribution in [0.3, 0.4) is 0 Å². The van der Waals surface area contributed by atoms with Gasteiger partial charge in [0.15, 0.2) is 6.61 Å². The molecule has 2 amide bonds. The highest BCUT2D eigenvalue weighted by atomic mass is 35.5. The summed E-state index contributed by atoms with van der Waals surface area (Å²) >= 11 is 5.84. The van der Waals surface area contributed by atoms with E-state index in [-0.39, 0.29) is 43.0 Å². The van der Waals surface area contributed by atoms with Crippen LogP contribution in [0, 0.1) is 17.0 Å². The quantitative estimate of drug-likeness (QED) is 0.281. The highest BCUT2D eigenvalue weighted by Crippen LogP contribution is 2.27. The molecule has 2 aromatic carbocycles. The Hall–Kier alpha value is -3.99. The molecule has 0 atom stereocenters. The van der Waals surface area contributed by atoms with Crippen LogP contribution in [0.25, 0.3) is 11.4 Å². The minimum Gasteiger partial charge on any atom is -0.484 e. The van der Waals surface area contributed by atoms with Crippen molar-refractivity contribution in [2.24, 2.45) is 0 Å². The number of nitrogens with one attached hydrogen (secondary N) is 2. The predicted octanol–water partition coefficient (Wildman–Crippen LogP) is 2.53. The number of nitro groups is 1. The van der Waals surface area contributed by atoms with E-state index in [1.165, 1.54) is 12.1 Å². The number of hydrogen-bond donors (Lipinski definition) is 2. The van der Waals surface area contributed by atoms with Crippen LogP contribution in [-0.4, -0.2) is 46.6 Å². The summed E-state index contributed by atoms with van der Waals surface area (Å²) in [5.74, 6) is -0.798. The summed E-state index contributed by atoms with van der Waals surface area (Å²) < 4.78 is 10.3. The smallest absolute Gasteiger partial charge is 0.316 e. The zero-order valence-electron chi connectivity index (χ0n) is 16.8. The van der Waals surface area contributed by atoms with Crippen LogP contribution >= 0.6 is 11.6 Å². The van der Waals surface area contributed by atoms with Crippen molar-refractivity contribution in [1.29, 1.82) is 0 Å². The molecule has 0 unspecified atom stereocenters. The maximum absolute atomic E-state index is 12.2. The number of nitrogens with zero attached hydrogens (tertiary/aromatic N) is 3. The van der Waals surface area contributed by atoms with Crippen molar-refractivity contribution < 1.29 is 23.8 Å². The van der Waals surface area contributed by atoms with Crippen molar-refractivity contribution in [3.63, 3.8) is 0 Å². The molecule has 32 heavy (non-hydrogen) atoms. The maximum Gasteiger partial charge on any atom is 0.316 e. The Kier molecular flexibility index (Phi) is 7.34. The van der Waals surface area contributed by atoms with E-state index in [4.69, 9.17) is 20.9 Å². The summed E-state index contributed by atoms with van der Waals surface area (Å²) in [5, 5.41) is 20.4. The standard InChI is InChI=1S/C20H18ClN5O6/c1-12-15(6-3-7-16(12)26(29)30)18-24-20(32-25-18)19(28)23-9-8-22-17(27)11-31-14-5-2-4-13(21)10-14/h2-7,10H,8-9,11H2,1H3,(H,22,27)(H,23,28). The predicted molar refractivity (Wildman–Crippen MR) is 113 cm³/mol. The van der Waals surface area contributed by atoms with Gasteiger partial charge in [0.1, 0.15) is 5.75 Å². The Morgan fingerprint density at radius 1 is 1.19 bits per heavy atom. The molecule has 3 aromatic rings. The molecule has 0 fully saturated rings. The second kappa shape index (κ2) is 10.4. The van der Waals surface area contributed by atoms with E-state index in [9.17, 15) is 19.7 Å². The first kappa shape index (κ1) is 22.7. The fourth-order valence-corrected chi connectivity index (χ4v) is 2.88. The third kappa shape index (κ3) is 5.79. The minimum atomic E-state index is -0.642. The third-order valence-corrected chi connectivity index (χ3v) is 4.50. The largest absolute Gasteiger partial charge is 0.484 e. The second-order valence-electron chi connectivity index (χ2n) is 6.48. The third-order valence-electron chi connectivity index (χ3n) is 4.26. The molecular weight excluding hydrogens is 442 g/mol. The van der Waals surface area contributed by atoms with Gasteiger partial charge in [-0.2, -0.15) is 4.98 Å². The lowest BCUT2D eigenvalue weighted by Crippen LogP contribution is -2.36. The summed E-state index contributed by atoms with van der Waals surface area (Å²) in [7, 11) is 0. The van der Waals surface area contributed by atoms with E-state index in [1.807, 2.05) is 0 Å². The number of carbonyl (C=O) groups is 2. The van der Waals surface area contributed by atoms with Gasteiger partial charge in [-0.3, -0.25) is 19.7 Å². The summed E-state index contributed by atoms with van der Waals surface area (Å²) in [6, 6.07) is 11.1. The minimum absolute atomic E-state index is 0.0582. The van der Waals surface area contributed by atoms with E-state index in [1.54, 1.807) is 37.3 Å². The number of rotatable bonds is 9. The van der Waals surface area contributed by atoms with Crippen molar-refractivity contribution in [1.82, 2.24) is 20.8 Å². The van der Waals surface area contributed by atoms with Gasteiger partial charge >= 0.3 is 11.8 Å². The Balaban J connectivity index is 1.46. The lowest BCUT2D eigenvalue weighted by Gasteiger charge is -2.08. The SMILES string of the molecule is Cc1c(-c2noc(C(=O)NCCNC(=O)COc3cccc(Cl)c3)n2)cccc1[N+](=O)[O-]. The highest BCUT2D eigenvalue weighted by molar-refractivity contribution is 6.30. The van der Waals surface area contributed by atoms with Gasteiger partial charge < -0.3 is 19.9 Å². The first-order valence-corrected chi connectivity index (χ1v) is 9.74. The number of halogens is 1. The normalized spacial score (nSPS) is 10.4. The Bertz CT molecular complexity index is 1150. The van der Waals surface area contributed by atoms with Gasteiger partial charge in [-0.05, 0) is 25.1 Å². The molecule has 0 aliphatic carbocycles. The van der Waals surface area contributed by atoms with Crippen molar-refractivity contribution in [2.45, 2.75) is 6.92 Å². The molecule has 0 bridgehead atoms. The molecule has 0 saturated carbocycles. The van der Waals surface area contributed by atoms with Gasteiger partial charge in [-0.25, -0.2) is 0 Å². The molecule has 3 rings (SSSR count). The van der Waals surface area contributed by atoms with E-state index < -0.39 is 10.8 Å². The molecule has 12 heteroatoms. The second-order valence-corrected chi connectivity index (χ2v) is 6.92. The molecular formula is C20H18ClN5O6. The van der Waals surface area contributed by atoms with Crippen LogP contribution in [0.4, 0.5) is 5.69 Å². The Morgan fingerprint density at radius 3 is 2.69 bits per heavy atom. The van der Waals surface area contributed by atoms with Crippen LogP contribution in [0.1, 0.15) is 16.2 Å². The average Bonchev–Trinajstić information content (AvgIpc) is 3.25. The number of carbonyl (C=O) groups excluding carboxylic acids is 2. The van der Waals surface area contributed by atoms with Gasteiger partial charge in [0.2, 0.25) is 5.82 Å². The highest BCUT2D eigenvalue weighted by Gasteiger charge is 2.20. The molecule has 166 valence electrons. The molecule has 0 aliphatic rings. The summed E-state index contributed by atoms with van der Waals surface area (Å²) in [4.78, 5) is 38.5. The summed E-state index contributed by atoms with van der Waals surface area (Å²) in [5.41, 5.74) is 0.648. The first-order valence-electron chi connectivity index (χ1n) is 9.36. The number of aromatic nitrogens is 2. The molecule has 0 spiro atoms. The van der Waals surface area contributed by atoms with E-state index in [0.29, 0.717) is 21.9 Å². The fourth-order valence-electron chi connectivity index (χ4n) is 2.70. The molecule has 2 N–H and O–H groups in total. The van der Waals surface area contributed by atoms with Crippen LogP contribution in [0.5, 0.6) is 5.75 Å². The monoisotopic (exact) mass is 459 g/mol. The van der Waals surface area contributed by atoms with Crippen molar-refractivity contribution in [2.75, 3.05) is 19.7 Å². The lowest BCUT2D eigenvalue weighted by atomic mass is 10.1. The topological polar surface area (TPSA) is 149 Å². The van der Waals surface area contributed by atoms with Crippen LogP contribution in [0.2, 0.25) is 5.02 Å². The average molecular weight is 460 g/mol. The fraction of sp³-hybridized carbons (Fsp3) is 0.200. The summed E-state index contributed by atoms with van der Waals surface area (Å²) in [6.45, 7) is 1.61. The number of hydrogen-bond acceptors (Lipinski definition) is 8. The molecule has 11 nitrogen and oxygen atoms in total. The molecule has 0 saturated heterocycles. The zero-order valence-corrected chi connectivity index (χ0v) is 17.6. The van der Waals surface area contributed by atoms with Gasteiger partial charge in [0.25, 0.3) is 11.6 Å². The molecule has 0 radical (unpaired) electrons. The van der Waals surface area contributed by atoms with Crippen molar-refractivity contribution >= 4 is 29.1 Å². The first-order chi connectivity index (χ1) is 15.3. The van der Waals surface area contributed by atoms with Crippen LogP contribution in [-0.2, 0) is 4.79 Å². The lowest BCUT2D eigenvalue weighted by molar-refractivity contribution is -0.385. The van der Waals surface area contributed by atoms with Crippen LogP contribution < -0.4 is 15.4 Å². The van der Waals surface area contributed by atoms with Gasteiger partial charge in [0, 0.05) is 35.3 Å². The molecule has 1 heterocycles. The maximum atomic E-state index is 12.2. The molecule has 1 aromatic heterocycles. The zero-order chi connectivity index (χ0) is 23.1. The van der Waals surface area contributed by atoms with Crippen LogP contribution in [0.15, 0.2) is 47.0 Å². The number of nitro benzene ring substituents is 1. The number of benzene rings is 2. The van der Waals surface area contributed by atoms with E-state index in [0.717, 1.165) is 0 Å². The van der Waals surface area contributed by atoms with Crippen molar-refractivity contribution in [3.05, 3.63) is 69.1 Å². The van der Waals surface area contributed by atoms with E-state index >= 15 is 0 Å². The van der Waals surface area contributed by atoms with Gasteiger partial charge in [0.05, 0.1) is 4.92 Å². The summed E-state index contributed by atoms with van der Waals surface area (Å²) in [6.07, 6.45) is 0. The van der Waals surface area contributed by atoms with Crippen molar-refractivity contribution in [3.8, 4) is 17.1 Å².